The summed E-state index contributed by atoms with van der Waals surface area (Å²) in [5.41, 5.74) is 1.57. The van der Waals surface area contributed by atoms with Crippen molar-refractivity contribution >= 4 is 17.5 Å². The smallest absolute Gasteiger partial charge is 0.247 e. The molecule has 25 heavy (non-hydrogen) atoms. The number of amides is 1. The molecule has 2 aromatic carbocycles. The first kappa shape index (κ1) is 16.4. The van der Waals surface area contributed by atoms with Crippen molar-refractivity contribution in [2.75, 3.05) is 23.8 Å². The van der Waals surface area contributed by atoms with E-state index >= 15 is 0 Å². The highest BCUT2D eigenvalue weighted by Gasteiger charge is 2.07. The first-order valence-electron chi connectivity index (χ1n) is 7.80. The van der Waals surface area contributed by atoms with Crippen LogP contribution in [-0.2, 0) is 4.79 Å². The normalized spacial score (nSPS) is 10.3. The van der Waals surface area contributed by atoms with Crippen molar-refractivity contribution in [3.8, 4) is 11.4 Å². The maximum Gasteiger partial charge on any atom is 0.247 e. The van der Waals surface area contributed by atoms with E-state index in [1.54, 1.807) is 16.8 Å². The highest BCUT2D eigenvalue weighted by Crippen LogP contribution is 2.17. The third-order valence-electron chi connectivity index (χ3n) is 3.28. The van der Waals surface area contributed by atoms with Crippen LogP contribution in [0.15, 0.2) is 54.6 Å². The van der Waals surface area contributed by atoms with Gasteiger partial charge in [0.1, 0.15) is 12.4 Å². The van der Waals surface area contributed by atoms with Crippen molar-refractivity contribution in [3.05, 3.63) is 54.6 Å². The molecule has 0 saturated carbocycles. The minimum Gasteiger partial charge on any atom is -0.492 e. The van der Waals surface area contributed by atoms with Gasteiger partial charge in [-0.2, -0.15) is 4.68 Å². The SMILES string of the molecule is CC(=O)Nc1cccc(OCCNc2nnnn2-c2ccccc2)c1. The van der Waals surface area contributed by atoms with Gasteiger partial charge in [0.2, 0.25) is 11.9 Å². The second-order valence-electron chi connectivity index (χ2n) is 5.23. The van der Waals surface area contributed by atoms with E-state index < -0.39 is 0 Å². The number of tetrazole rings is 1. The third kappa shape index (κ3) is 4.54. The Labute approximate surface area is 144 Å². The first-order valence-corrected chi connectivity index (χ1v) is 7.80. The van der Waals surface area contributed by atoms with Gasteiger partial charge in [-0.05, 0) is 34.7 Å². The molecule has 0 fully saturated rings. The van der Waals surface area contributed by atoms with E-state index in [4.69, 9.17) is 4.74 Å². The molecule has 0 radical (unpaired) electrons. The molecule has 0 spiro atoms. The van der Waals surface area contributed by atoms with E-state index in [9.17, 15) is 4.79 Å². The summed E-state index contributed by atoms with van der Waals surface area (Å²) in [6.45, 7) is 2.41. The van der Waals surface area contributed by atoms with Crippen molar-refractivity contribution in [1.29, 1.82) is 0 Å². The van der Waals surface area contributed by atoms with Crippen molar-refractivity contribution in [2.24, 2.45) is 0 Å². The van der Waals surface area contributed by atoms with Crippen LogP contribution in [0.4, 0.5) is 11.6 Å². The molecular weight excluding hydrogens is 320 g/mol. The van der Waals surface area contributed by atoms with Crippen LogP contribution >= 0.6 is 0 Å². The molecule has 0 saturated heterocycles. The van der Waals surface area contributed by atoms with Gasteiger partial charge < -0.3 is 15.4 Å². The predicted octanol–water partition coefficient (Wildman–Crippen LogP) is 2.11. The highest BCUT2D eigenvalue weighted by atomic mass is 16.5. The molecular formula is C17H18N6O2. The van der Waals surface area contributed by atoms with E-state index in [1.807, 2.05) is 42.5 Å². The Morgan fingerprint density at radius 1 is 1.16 bits per heavy atom. The summed E-state index contributed by atoms with van der Waals surface area (Å²) >= 11 is 0. The zero-order valence-corrected chi connectivity index (χ0v) is 13.7. The molecule has 8 heteroatoms. The maximum absolute atomic E-state index is 11.1. The molecule has 0 atom stereocenters. The summed E-state index contributed by atoms with van der Waals surface area (Å²) in [6, 6.07) is 16.9. The molecule has 2 N–H and O–H groups in total. The number of nitrogens with one attached hydrogen (secondary N) is 2. The van der Waals surface area contributed by atoms with Gasteiger partial charge in [0.05, 0.1) is 12.2 Å². The van der Waals surface area contributed by atoms with Gasteiger partial charge in [-0.25, -0.2) is 0 Å². The lowest BCUT2D eigenvalue weighted by Gasteiger charge is -2.10. The Bertz CT molecular complexity index is 834. The zero-order chi connectivity index (χ0) is 17.5. The predicted molar refractivity (Wildman–Crippen MR) is 93.9 cm³/mol. The Balaban J connectivity index is 1.53. The third-order valence-corrected chi connectivity index (χ3v) is 3.28. The van der Waals surface area contributed by atoms with Gasteiger partial charge in [-0.1, -0.05) is 29.4 Å². The molecule has 0 aliphatic carbocycles. The topological polar surface area (TPSA) is 94.0 Å². The average Bonchev–Trinajstić information content (AvgIpc) is 3.08. The molecule has 1 amide bonds. The summed E-state index contributed by atoms with van der Waals surface area (Å²) in [4.78, 5) is 11.1. The Morgan fingerprint density at radius 3 is 2.80 bits per heavy atom. The van der Waals surface area contributed by atoms with Crippen molar-refractivity contribution in [3.63, 3.8) is 0 Å². The van der Waals surface area contributed by atoms with Crippen molar-refractivity contribution < 1.29 is 9.53 Å². The standard InChI is InChI=1S/C17H18N6O2/c1-13(24)19-14-6-5-9-16(12-14)25-11-10-18-17-20-21-22-23(17)15-7-3-2-4-8-15/h2-9,12H,10-11H2,1H3,(H,19,24)(H,18,20,22). The second-order valence-corrected chi connectivity index (χ2v) is 5.23. The van der Waals surface area contributed by atoms with E-state index in [0.29, 0.717) is 30.5 Å². The van der Waals surface area contributed by atoms with Gasteiger partial charge in [-0.15, -0.1) is 0 Å². The van der Waals surface area contributed by atoms with Gasteiger partial charge in [0.15, 0.2) is 0 Å². The summed E-state index contributed by atoms with van der Waals surface area (Å²) in [6.07, 6.45) is 0. The molecule has 0 aliphatic heterocycles. The molecule has 1 aromatic heterocycles. The maximum atomic E-state index is 11.1. The van der Waals surface area contributed by atoms with Gasteiger partial charge >= 0.3 is 0 Å². The highest BCUT2D eigenvalue weighted by molar-refractivity contribution is 5.88. The summed E-state index contributed by atoms with van der Waals surface area (Å²) in [5, 5.41) is 17.5. The number of carbonyl (C=O) groups is 1. The summed E-state index contributed by atoms with van der Waals surface area (Å²) in [7, 11) is 0. The molecule has 3 aromatic rings. The molecule has 8 nitrogen and oxygen atoms in total. The van der Waals surface area contributed by atoms with Crippen LogP contribution in [-0.4, -0.2) is 39.3 Å². The van der Waals surface area contributed by atoms with Crippen LogP contribution in [0.1, 0.15) is 6.92 Å². The van der Waals surface area contributed by atoms with Crippen molar-refractivity contribution in [1.82, 2.24) is 20.2 Å². The number of benzene rings is 2. The van der Waals surface area contributed by atoms with Crippen LogP contribution in [0.5, 0.6) is 5.75 Å². The van der Waals surface area contributed by atoms with E-state index in [-0.39, 0.29) is 5.91 Å². The molecule has 128 valence electrons. The second kappa shape index (κ2) is 7.91. The number of nitrogens with zero attached hydrogens (tertiary/aromatic N) is 4. The number of para-hydroxylation sites is 1. The van der Waals surface area contributed by atoms with Crippen LogP contribution in [0.2, 0.25) is 0 Å². The Hall–Kier alpha value is -3.42. The fourth-order valence-electron chi connectivity index (χ4n) is 2.24. The van der Waals surface area contributed by atoms with E-state index in [1.165, 1.54) is 6.92 Å². The number of carbonyl (C=O) groups excluding carboxylic acids is 1. The molecule has 0 unspecified atom stereocenters. The van der Waals surface area contributed by atoms with E-state index in [0.717, 1.165) is 5.69 Å². The molecule has 0 aliphatic rings. The number of aromatic nitrogens is 4. The lowest BCUT2D eigenvalue weighted by molar-refractivity contribution is -0.114. The van der Waals surface area contributed by atoms with Gasteiger partial charge in [0.25, 0.3) is 0 Å². The van der Waals surface area contributed by atoms with Crippen LogP contribution < -0.4 is 15.4 Å². The zero-order valence-electron chi connectivity index (χ0n) is 13.7. The monoisotopic (exact) mass is 338 g/mol. The number of hydrogen-bond acceptors (Lipinski definition) is 6. The Kier molecular flexibility index (Phi) is 5.20. The number of ether oxygens (including phenoxy) is 1. The minimum atomic E-state index is -0.119. The molecule has 0 bridgehead atoms. The fraction of sp³-hybridized carbons (Fsp3) is 0.176. The lowest BCUT2D eigenvalue weighted by atomic mass is 10.3. The number of hydrogen-bond donors (Lipinski definition) is 2. The number of rotatable bonds is 7. The quantitative estimate of drug-likeness (QED) is 0.641. The van der Waals surface area contributed by atoms with Gasteiger partial charge in [0, 0.05) is 18.7 Å². The molecule has 3 rings (SSSR count). The number of anilines is 2. The average molecular weight is 338 g/mol. The largest absolute Gasteiger partial charge is 0.492 e. The van der Waals surface area contributed by atoms with Crippen LogP contribution in [0, 0.1) is 0 Å². The Morgan fingerprint density at radius 2 is 2.00 bits per heavy atom. The summed E-state index contributed by atoms with van der Waals surface area (Å²) < 4.78 is 7.30. The fourth-order valence-corrected chi connectivity index (χ4v) is 2.24. The first-order chi connectivity index (χ1) is 12.2. The van der Waals surface area contributed by atoms with Crippen molar-refractivity contribution in [2.45, 2.75) is 6.92 Å². The molecule has 1 heterocycles. The minimum absolute atomic E-state index is 0.119. The lowest BCUT2D eigenvalue weighted by Crippen LogP contribution is -2.15. The van der Waals surface area contributed by atoms with E-state index in [2.05, 4.69) is 26.2 Å². The summed E-state index contributed by atoms with van der Waals surface area (Å²) in [5.74, 6) is 1.10. The van der Waals surface area contributed by atoms with Crippen LogP contribution in [0.25, 0.3) is 5.69 Å². The van der Waals surface area contributed by atoms with Crippen LogP contribution in [0.3, 0.4) is 0 Å². The van der Waals surface area contributed by atoms with Gasteiger partial charge in [-0.3, -0.25) is 4.79 Å².